The van der Waals surface area contributed by atoms with E-state index in [2.05, 4.69) is 9.71 Å². The smallest absolute Gasteiger partial charge is 0.247 e. The minimum Gasteiger partial charge on any atom is -0.328 e. The van der Waals surface area contributed by atoms with Gasteiger partial charge in [0.15, 0.2) is 0 Å². The van der Waals surface area contributed by atoms with Crippen molar-refractivity contribution in [2.75, 3.05) is 6.54 Å². The maximum atomic E-state index is 11.9. The summed E-state index contributed by atoms with van der Waals surface area (Å²) in [7, 11) is -3.61. The Morgan fingerprint density at radius 2 is 2.00 bits per heavy atom. The van der Waals surface area contributed by atoms with Gasteiger partial charge in [-0.1, -0.05) is 23.7 Å². The van der Waals surface area contributed by atoms with E-state index in [-0.39, 0.29) is 17.0 Å². The SMILES string of the molecule is O=c1ccc(S(=O)(=O)NCCc2cccc(Cl)c2)c[nH]1. The summed E-state index contributed by atoms with van der Waals surface area (Å²) in [6.45, 7) is 0.252. The molecule has 0 aliphatic carbocycles. The molecule has 1 aromatic heterocycles. The zero-order chi connectivity index (χ0) is 14.6. The maximum absolute atomic E-state index is 11.9. The summed E-state index contributed by atoms with van der Waals surface area (Å²) in [6.07, 6.45) is 1.70. The van der Waals surface area contributed by atoms with E-state index in [0.717, 1.165) is 5.56 Å². The van der Waals surface area contributed by atoms with Crippen LogP contribution in [-0.2, 0) is 16.4 Å². The van der Waals surface area contributed by atoms with E-state index in [1.807, 2.05) is 12.1 Å². The summed E-state index contributed by atoms with van der Waals surface area (Å²) in [5.74, 6) is 0. The molecule has 0 saturated heterocycles. The minimum absolute atomic E-state index is 0.0307. The fraction of sp³-hybridized carbons (Fsp3) is 0.154. The number of rotatable bonds is 5. The van der Waals surface area contributed by atoms with Gasteiger partial charge in [0.1, 0.15) is 0 Å². The summed E-state index contributed by atoms with van der Waals surface area (Å²) in [4.78, 5) is 13.3. The highest BCUT2D eigenvalue weighted by Gasteiger charge is 2.13. The second kappa shape index (κ2) is 6.21. The lowest BCUT2D eigenvalue weighted by atomic mass is 10.2. The second-order valence-electron chi connectivity index (χ2n) is 4.17. The van der Waals surface area contributed by atoms with E-state index in [1.165, 1.54) is 18.3 Å². The van der Waals surface area contributed by atoms with E-state index in [0.29, 0.717) is 11.4 Å². The highest BCUT2D eigenvalue weighted by Crippen LogP contribution is 2.11. The first kappa shape index (κ1) is 14.8. The molecule has 0 fully saturated rings. The van der Waals surface area contributed by atoms with E-state index in [9.17, 15) is 13.2 Å². The quantitative estimate of drug-likeness (QED) is 0.879. The van der Waals surface area contributed by atoms with Crippen molar-refractivity contribution < 1.29 is 8.42 Å². The molecule has 0 bridgehead atoms. The largest absolute Gasteiger partial charge is 0.328 e. The molecule has 5 nitrogen and oxygen atoms in total. The highest BCUT2D eigenvalue weighted by atomic mass is 35.5. The van der Waals surface area contributed by atoms with Gasteiger partial charge in [-0.05, 0) is 30.2 Å². The molecule has 0 amide bonds. The molecule has 0 atom stereocenters. The van der Waals surface area contributed by atoms with E-state index in [4.69, 9.17) is 11.6 Å². The summed E-state index contributed by atoms with van der Waals surface area (Å²) >= 11 is 5.85. The summed E-state index contributed by atoms with van der Waals surface area (Å²) < 4.78 is 26.4. The molecule has 2 rings (SSSR count). The summed E-state index contributed by atoms with van der Waals surface area (Å²) in [5, 5.41) is 0.617. The minimum atomic E-state index is -3.61. The van der Waals surface area contributed by atoms with Crippen LogP contribution in [0.15, 0.2) is 52.3 Å². The van der Waals surface area contributed by atoms with Crippen LogP contribution in [0.25, 0.3) is 0 Å². The third-order valence-corrected chi connectivity index (χ3v) is 4.35. The molecule has 20 heavy (non-hydrogen) atoms. The number of benzene rings is 1. The first-order valence-electron chi connectivity index (χ1n) is 5.90. The van der Waals surface area contributed by atoms with Crippen LogP contribution >= 0.6 is 11.6 Å². The van der Waals surface area contributed by atoms with Gasteiger partial charge in [-0.15, -0.1) is 0 Å². The van der Waals surface area contributed by atoms with Gasteiger partial charge in [0.2, 0.25) is 15.6 Å². The molecule has 0 aliphatic heterocycles. The van der Waals surface area contributed by atoms with Crippen LogP contribution in [0.5, 0.6) is 0 Å². The molecular formula is C13H13ClN2O3S. The third kappa shape index (κ3) is 3.93. The maximum Gasteiger partial charge on any atom is 0.247 e. The zero-order valence-electron chi connectivity index (χ0n) is 10.5. The van der Waals surface area contributed by atoms with E-state index < -0.39 is 10.0 Å². The Bertz CT molecular complexity index is 736. The Morgan fingerprint density at radius 1 is 1.20 bits per heavy atom. The summed E-state index contributed by atoms with van der Waals surface area (Å²) in [5.41, 5.74) is 0.601. The van der Waals surface area contributed by atoms with Crippen molar-refractivity contribution in [3.05, 3.63) is 63.5 Å². The Balaban J connectivity index is 1.99. The molecule has 1 heterocycles. The van der Waals surface area contributed by atoms with Gasteiger partial charge < -0.3 is 4.98 Å². The van der Waals surface area contributed by atoms with Crippen LogP contribution in [0.2, 0.25) is 5.02 Å². The third-order valence-electron chi connectivity index (χ3n) is 2.66. The van der Waals surface area contributed by atoms with Crippen LogP contribution in [0.4, 0.5) is 0 Å². The number of aromatic amines is 1. The van der Waals surface area contributed by atoms with Crippen molar-refractivity contribution in [2.45, 2.75) is 11.3 Å². The predicted molar refractivity (Wildman–Crippen MR) is 77.4 cm³/mol. The highest BCUT2D eigenvalue weighted by molar-refractivity contribution is 7.89. The average Bonchev–Trinajstić information content (AvgIpc) is 2.39. The standard InChI is InChI=1S/C13H13ClN2O3S/c14-11-3-1-2-10(8-11)6-7-16-20(18,19)12-4-5-13(17)15-9-12/h1-5,8-9,16H,6-7H2,(H,15,17). The monoisotopic (exact) mass is 312 g/mol. The molecule has 0 radical (unpaired) electrons. The van der Waals surface area contributed by atoms with Gasteiger partial charge in [0.05, 0.1) is 4.90 Å². The molecule has 2 N–H and O–H groups in total. The van der Waals surface area contributed by atoms with Crippen molar-refractivity contribution in [3.8, 4) is 0 Å². The van der Waals surface area contributed by atoms with Gasteiger partial charge in [-0.3, -0.25) is 4.79 Å². The number of aromatic nitrogens is 1. The van der Waals surface area contributed by atoms with Gasteiger partial charge in [0.25, 0.3) is 0 Å². The van der Waals surface area contributed by atoms with Crippen LogP contribution in [0.1, 0.15) is 5.56 Å². The number of hydrogen-bond acceptors (Lipinski definition) is 3. The van der Waals surface area contributed by atoms with Crippen molar-refractivity contribution in [1.29, 1.82) is 0 Å². The van der Waals surface area contributed by atoms with Gasteiger partial charge in [-0.2, -0.15) is 0 Å². The lowest BCUT2D eigenvalue weighted by molar-refractivity contribution is 0.581. The number of hydrogen-bond donors (Lipinski definition) is 2. The topological polar surface area (TPSA) is 79.0 Å². The fourth-order valence-corrected chi connectivity index (χ4v) is 2.88. The number of sulfonamides is 1. The van der Waals surface area contributed by atoms with Crippen molar-refractivity contribution in [1.82, 2.24) is 9.71 Å². The Morgan fingerprint density at radius 3 is 2.65 bits per heavy atom. The number of nitrogens with one attached hydrogen (secondary N) is 2. The van der Waals surface area contributed by atoms with Crippen LogP contribution in [0.3, 0.4) is 0 Å². The fourth-order valence-electron chi connectivity index (χ4n) is 1.67. The molecule has 106 valence electrons. The van der Waals surface area contributed by atoms with E-state index in [1.54, 1.807) is 12.1 Å². The molecule has 0 unspecified atom stereocenters. The molecular weight excluding hydrogens is 300 g/mol. The van der Waals surface area contributed by atoms with E-state index >= 15 is 0 Å². The van der Waals surface area contributed by atoms with Crippen molar-refractivity contribution in [3.63, 3.8) is 0 Å². The molecule has 2 aromatic rings. The number of H-pyrrole nitrogens is 1. The van der Waals surface area contributed by atoms with Gasteiger partial charge in [-0.25, -0.2) is 13.1 Å². The molecule has 0 aliphatic rings. The molecule has 7 heteroatoms. The Hall–Kier alpha value is -1.63. The van der Waals surface area contributed by atoms with Crippen molar-refractivity contribution >= 4 is 21.6 Å². The molecule has 1 aromatic carbocycles. The second-order valence-corrected chi connectivity index (χ2v) is 6.37. The molecule has 0 saturated carbocycles. The normalized spacial score (nSPS) is 11.4. The Labute approximate surface area is 121 Å². The average molecular weight is 313 g/mol. The van der Waals surface area contributed by atoms with Gasteiger partial charge in [0, 0.05) is 23.8 Å². The van der Waals surface area contributed by atoms with Crippen LogP contribution < -0.4 is 10.3 Å². The number of pyridine rings is 1. The van der Waals surface area contributed by atoms with Crippen molar-refractivity contribution in [2.24, 2.45) is 0 Å². The predicted octanol–water partition coefficient (Wildman–Crippen LogP) is 1.55. The molecule has 0 spiro atoms. The zero-order valence-corrected chi connectivity index (χ0v) is 12.0. The first-order chi connectivity index (χ1) is 9.47. The van der Waals surface area contributed by atoms with Crippen LogP contribution in [-0.4, -0.2) is 19.9 Å². The van der Waals surface area contributed by atoms with Gasteiger partial charge >= 0.3 is 0 Å². The number of halogens is 1. The Kier molecular flexibility index (Phi) is 4.59. The summed E-state index contributed by atoms with van der Waals surface area (Å²) in [6, 6.07) is 9.67. The first-order valence-corrected chi connectivity index (χ1v) is 7.76. The lowest BCUT2D eigenvalue weighted by Crippen LogP contribution is -2.26. The lowest BCUT2D eigenvalue weighted by Gasteiger charge is -2.06. The van der Waals surface area contributed by atoms with Crippen LogP contribution in [0, 0.1) is 0 Å².